The number of hydrogen-bond donors (Lipinski definition) is 1. The molecule has 102 valence electrons. The van der Waals surface area contributed by atoms with Crippen molar-refractivity contribution in [1.82, 2.24) is 9.29 Å². The number of nitrogens with zero attached hydrogens (tertiary/aromatic N) is 2. The summed E-state index contributed by atoms with van der Waals surface area (Å²) in [6.45, 7) is 3.60. The molecule has 0 atom stereocenters. The molecule has 0 aromatic carbocycles. The van der Waals surface area contributed by atoms with Crippen LogP contribution in [-0.4, -0.2) is 47.8 Å². The lowest BCUT2D eigenvalue weighted by molar-refractivity contribution is 0.236. The lowest BCUT2D eigenvalue weighted by Crippen LogP contribution is -2.40. The second kappa shape index (κ2) is 6.82. The van der Waals surface area contributed by atoms with Crippen molar-refractivity contribution < 1.29 is 13.5 Å². The van der Waals surface area contributed by atoms with Crippen LogP contribution in [0.3, 0.4) is 0 Å². The molecule has 1 heterocycles. The zero-order valence-corrected chi connectivity index (χ0v) is 11.6. The number of aryl methyl sites for hydroxylation is 1. The van der Waals surface area contributed by atoms with Crippen LogP contribution in [-0.2, 0) is 16.4 Å². The maximum Gasteiger partial charge on any atom is 0.214 e. The highest BCUT2D eigenvalue weighted by Gasteiger charge is 2.23. The van der Waals surface area contributed by atoms with E-state index < -0.39 is 10.0 Å². The Morgan fingerprint density at radius 1 is 1.33 bits per heavy atom. The molecule has 1 aromatic heterocycles. The van der Waals surface area contributed by atoms with E-state index in [-0.39, 0.29) is 24.9 Å². The second-order valence-corrected chi connectivity index (χ2v) is 6.39. The van der Waals surface area contributed by atoms with Gasteiger partial charge in [0.25, 0.3) is 0 Å². The minimum absolute atomic E-state index is 0.0508. The van der Waals surface area contributed by atoms with Crippen molar-refractivity contribution in [3.8, 4) is 0 Å². The zero-order chi connectivity index (χ0) is 13.6. The van der Waals surface area contributed by atoms with E-state index in [0.717, 1.165) is 5.56 Å². The summed E-state index contributed by atoms with van der Waals surface area (Å²) in [5.74, 6) is 0.0508. The molecule has 18 heavy (non-hydrogen) atoms. The van der Waals surface area contributed by atoms with Gasteiger partial charge in [-0.05, 0) is 38.0 Å². The topological polar surface area (TPSA) is 70.5 Å². The summed E-state index contributed by atoms with van der Waals surface area (Å²) in [7, 11) is -3.33. The fourth-order valence-corrected chi connectivity index (χ4v) is 3.46. The van der Waals surface area contributed by atoms with E-state index in [2.05, 4.69) is 4.98 Å². The van der Waals surface area contributed by atoms with Gasteiger partial charge >= 0.3 is 0 Å². The fourth-order valence-electron chi connectivity index (χ4n) is 1.73. The molecule has 6 heteroatoms. The van der Waals surface area contributed by atoms with Crippen molar-refractivity contribution in [2.24, 2.45) is 0 Å². The number of hydrogen-bond acceptors (Lipinski definition) is 4. The third-order valence-corrected chi connectivity index (χ3v) is 4.69. The Morgan fingerprint density at radius 3 is 2.44 bits per heavy atom. The molecule has 1 N–H and O–H groups in total. The second-order valence-electron chi connectivity index (χ2n) is 4.35. The van der Waals surface area contributed by atoms with Crippen molar-refractivity contribution in [1.29, 1.82) is 0 Å². The average molecular weight is 272 g/mol. The van der Waals surface area contributed by atoms with E-state index in [1.807, 2.05) is 0 Å². The standard InChI is InChI=1S/C12H20N2O3S/c1-11(2)14(8-9-15)18(16,17)10-5-12-3-6-13-7-4-12/h3-4,6-7,11,15H,5,8-10H2,1-2H3. The maximum absolute atomic E-state index is 12.1. The first-order valence-electron chi connectivity index (χ1n) is 5.96. The van der Waals surface area contributed by atoms with E-state index in [0.29, 0.717) is 6.42 Å². The molecule has 0 aliphatic rings. The van der Waals surface area contributed by atoms with E-state index in [1.54, 1.807) is 38.4 Å². The van der Waals surface area contributed by atoms with Gasteiger partial charge in [0, 0.05) is 25.0 Å². The minimum atomic E-state index is -3.33. The smallest absolute Gasteiger partial charge is 0.214 e. The van der Waals surface area contributed by atoms with Crippen molar-refractivity contribution >= 4 is 10.0 Å². The van der Waals surface area contributed by atoms with Crippen LogP contribution in [0.15, 0.2) is 24.5 Å². The van der Waals surface area contributed by atoms with E-state index >= 15 is 0 Å². The number of aliphatic hydroxyl groups excluding tert-OH is 1. The molecule has 0 radical (unpaired) electrons. The molecule has 0 saturated heterocycles. The Morgan fingerprint density at radius 2 is 1.94 bits per heavy atom. The molecular formula is C12H20N2O3S. The lowest BCUT2D eigenvalue weighted by atomic mass is 10.2. The average Bonchev–Trinajstić information content (AvgIpc) is 2.34. The molecular weight excluding hydrogens is 252 g/mol. The lowest BCUT2D eigenvalue weighted by Gasteiger charge is -2.25. The molecule has 0 spiro atoms. The van der Waals surface area contributed by atoms with Crippen molar-refractivity contribution in [2.75, 3.05) is 18.9 Å². The number of rotatable bonds is 7. The Kier molecular flexibility index (Phi) is 5.71. The quantitative estimate of drug-likeness (QED) is 0.791. The Labute approximate surface area is 109 Å². The van der Waals surface area contributed by atoms with Gasteiger partial charge in [-0.2, -0.15) is 4.31 Å². The molecule has 0 unspecified atom stereocenters. The van der Waals surface area contributed by atoms with Crippen molar-refractivity contribution in [2.45, 2.75) is 26.3 Å². The van der Waals surface area contributed by atoms with Crippen LogP contribution >= 0.6 is 0 Å². The number of sulfonamides is 1. The summed E-state index contributed by atoms with van der Waals surface area (Å²) in [6, 6.07) is 3.47. The van der Waals surface area contributed by atoms with Crippen LogP contribution < -0.4 is 0 Å². The Balaban J connectivity index is 2.68. The first-order chi connectivity index (χ1) is 8.47. The van der Waals surface area contributed by atoms with Crippen LogP contribution in [0.1, 0.15) is 19.4 Å². The number of pyridine rings is 1. The van der Waals surface area contributed by atoms with Crippen LogP contribution in [0.4, 0.5) is 0 Å². The third kappa shape index (κ3) is 4.36. The predicted molar refractivity (Wildman–Crippen MR) is 70.7 cm³/mol. The highest BCUT2D eigenvalue weighted by atomic mass is 32.2. The van der Waals surface area contributed by atoms with Crippen molar-refractivity contribution in [3.05, 3.63) is 30.1 Å². The highest BCUT2D eigenvalue weighted by molar-refractivity contribution is 7.89. The first-order valence-corrected chi connectivity index (χ1v) is 7.57. The maximum atomic E-state index is 12.1. The third-order valence-electron chi connectivity index (χ3n) is 2.65. The van der Waals surface area contributed by atoms with E-state index in [4.69, 9.17) is 5.11 Å². The zero-order valence-electron chi connectivity index (χ0n) is 10.8. The van der Waals surface area contributed by atoms with Gasteiger partial charge in [-0.25, -0.2) is 8.42 Å². The molecule has 5 nitrogen and oxygen atoms in total. The summed E-state index contributed by atoms with van der Waals surface area (Å²) < 4.78 is 25.6. The van der Waals surface area contributed by atoms with Gasteiger partial charge in [0.1, 0.15) is 0 Å². The van der Waals surface area contributed by atoms with Crippen LogP contribution in [0, 0.1) is 0 Å². The molecule has 1 rings (SSSR count). The van der Waals surface area contributed by atoms with Crippen LogP contribution in [0.5, 0.6) is 0 Å². The molecule has 0 fully saturated rings. The molecule has 0 saturated carbocycles. The SMILES string of the molecule is CC(C)N(CCO)S(=O)(=O)CCc1ccncc1. The molecule has 0 aliphatic heterocycles. The van der Waals surface area contributed by atoms with Gasteiger partial charge in [-0.1, -0.05) is 0 Å². The molecule has 0 aliphatic carbocycles. The summed E-state index contributed by atoms with van der Waals surface area (Å²) in [6.07, 6.45) is 3.76. The van der Waals surface area contributed by atoms with Crippen LogP contribution in [0.2, 0.25) is 0 Å². The first kappa shape index (κ1) is 15.1. The summed E-state index contributed by atoms with van der Waals surface area (Å²) in [5, 5.41) is 8.92. The number of aromatic nitrogens is 1. The van der Waals surface area contributed by atoms with Gasteiger partial charge in [0.2, 0.25) is 10.0 Å². The van der Waals surface area contributed by atoms with Gasteiger partial charge in [0.05, 0.1) is 12.4 Å². The van der Waals surface area contributed by atoms with Crippen molar-refractivity contribution in [3.63, 3.8) is 0 Å². The normalized spacial score (nSPS) is 12.3. The van der Waals surface area contributed by atoms with E-state index in [9.17, 15) is 8.42 Å². The Bertz CT molecular complexity index is 446. The van der Waals surface area contributed by atoms with E-state index in [1.165, 1.54) is 4.31 Å². The molecule has 1 aromatic rings. The fraction of sp³-hybridized carbons (Fsp3) is 0.583. The van der Waals surface area contributed by atoms with Gasteiger partial charge in [0.15, 0.2) is 0 Å². The van der Waals surface area contributed by atoms with Gasteiger partial charge in [-0.15, -0.1) is 0 Å². The van der Waals surface area contributed by atoms with Gasteiger partial charge < -0.3 is 5.11 Å². The Hall–Kier alpha value is -0.980. The summed E-state index contributed by atoms with van der Waals surface area (Å²) in [5.41, 5.74) is 0.946. The summed E-state index contributed by atoms with van der Waals surface area (Å²) in [4.78, 5) is 3.89. The molecule has 0 amide bonds. The monoisotopic (exact) mass is 272 g/mol. The van der Waals surface area contributed by atoms with Crippen LogP contribution in [0.25, 0.3) is 0 Å². The predicted octanol–water partition coefficient (Wildman–Crippen LogP) is 0.657. The molecule has 0 bridgehead atoms. The largest absolute Gasteiger partial charge is 0.395 e. The van der Waals surface area contributed by atoms with Gasteiger partial charge in [-0.3, -0.25) is 4.98 Å². The minimum Gasteiger partial charge on any atom is -0.395 e. The summed E-state index contributed by atoms with van der Waals surface area (Å²) >= 11 is 0. The highest BCUT2D eigenvalue weighted by Crippen LogP contribution is 2.09. The number of aliphatic hydroxyl groups is 1.